The van der Waals surface area contributed by atoms with Crippen molar-refractivity contribution in [2.24, 2.45) is 4.99 Å². The Balaban J connectivity index is 2.49. The highest BCUT2D eigenvalue weighted by Gasteiger charge is 2.41. The van der Waals surface area contributed by atoms with E-state index in [1.807, 2.05) is 11.8 Å². The lowest BCUT2D eigenvalue weighted by atomic mass is 10.2. The van der Waals surface area contributed by atoms with Crippen molar-refractivity contribution in [1.29, 1.82) is 0 Å². The Kier molecular flexibility index (Phi) is 8.64. The lowest BCUT2D eigenvalue weighted by molar-refractivity contribution is -0.181. The van der Waals surface area contributed by atoms with Crippen LogP contribution < -0.4 is 10.6 Å². The molecule has 1 fully saturated rings. The van der Waals surface area contributed by atoms with Gasteiger partial charge in [0.05, 0.1) is 6.54 Å². The van der Waals surface area contributed by atoms with Gasteiger partial charge in [-0.2, -0.15) is 13.2 Å². The minimum absolute atomic E-state index is 0.314. The zero-order chi connectivity index (χ0) is 20.7. The first-order chi connectivity index (χ1) is 12.4. The van der Waals surface area contributed by atoms with Crippen molar-refractivity contribution < 1.29 is 22.7 Å². The zero-order valence-corrected chi connectivity index (χ0v) is 16.8. The summed E-state index contributed by atoms with van der Waals surface area (Å²) in [6.07, 6.45) is -4.72. The van der Waals surface area contributed by atoms with Gasteiger partial charge in [-0.05, 0) is 34.6 Å². The number of hydrogen-bond acceptors (Lipinski definition) is 4. The van der Waals surface area contributed by atoms with Crippen molar-refractivity contribution in [1.82, 2.24) is 20.4 Å². The Bertz CT molecular complexity index is 498. The molecule has 0 spiro atoms. The van der Waals surface area contributed by atoms with Crippen molar-refractivity contribution in [2.45, 2.75) is 52.4 Å². The van der Waals surface area contributed by atoms with Gasteiger partial charge in [0.15, 0.2) is 5.96 Å². The number of halogens is 3. The molecular weight excluding hydrogens is 363 g/mol. The first-order valence-electron chi connectivity index (χ1n) is 9.25. The van der Waals surface area contributed by atoms with Crippen LogP contribution in [0.5, 0.6) is 0 Å². The number of nitrogens with one attached hydrogen (secondary N) is 2. The number of alkyl carbamates (subject to hydrolysis) is 1. The summed E-state index contributed by atoms with van der Waals surface area (Å²) in [5, 5.41) is 5.77. The average molecular weight is 395 g/mol. The van der Waals surface area contributed by atoms with E-state index in [0.717, 1.165) is 0 Å². The molecule has 0 aromatic carbocycles. The van der Waals surface area contributed by atoms with Gasteiger partial charge in [0.2, 0.25) is 0 Å². The van der Waals surface area contributed by atoms with Gasteiger partial charge in [0, 0.05) is 39.3 Å². The number of aliphatic imine (C=N–C) groups is 1. The second kappa shape index (κ2) is 10.0. The standard InChI is InChI=1S/C17H32F3N5O2/c1-6-21-14(22-7-8-23-15(26)27-16(3,4)5)25-11-9-24(10-12-25)13(2)17(18,19)20/h13H,6-12H2,1-5H3,(H,21,22)(H,23,26). The molecule has 158 valence electrons. The maximum atomic E-state index is 12.8. The van der Waals surface area contributed by atoms with Gasteiger partial charge in [-0.15, -0.1) is 0 Å². The molecule has 7 nitrogen and oxygen atoms in total. The van der Waals surface area contributed by atoms with E-state index in [9.17, 15) is 18.0 Å². The summed E-state index contributed by atoms with van der Waals surface area (Å²) in [6, 6.07) is -1.45. The van der Waals surface area contributed by atoms with Gasteiger partial charge in [-0.1, -0.05) is 0 Å². The highest BCUT2D eigenvalue weighted by Crippen LogP contribution is 2.25. The lowest BCUT2D eigenvalue weighted by Crippen LogP contribution is -2.56. The number of nitrogens with zero attached hydrogens (tertiary/aromatic N) is 3. The molecule has 1 rings (SSSR count). The summed E-state index contributed by atoms with van der Waals surface area (Å²) in [5.74, 6) is 0.641. The normalized spacial score (nSPS) is 18.2. The molecule has 1 unspecified atom stereocenters. The van der Waals surface area contributed by atoms with Crippen LogP contribution in [-0.4, -0.2) is 85.5 Å². The molecule has 1 aliphatic heterocycles. The van der Waals surface area contributed by atoms with Crippen LogP contribution in [-0.2, 0) is 4.74 Å². The van der Waals surface area contributed by atoms with Crippen LogP contribution in [0.15, 0.2) is 4.99 Å². The number of guanidine groups is 1. The third-order valence-electron chi connectivity index (χ3n) is 4.01. The van der Waals surface area contributed by atoms with Gasteiger partial charge in [-0.3, -0.25) is 9.89 Å². The summed E-state index contributed by atoms with van der Waals surface area (Å²) in [4.78, 5) is 19.4. The van der Waals surface area contributed by atoms with Crippen LogP contribution in [0.4, 0.5) is 18.0 Å². The SMILES string of the molecule is CCNC(=NCCNC(=O)OC(C)(C)C)N1CCN(C(C)C(F)(F)F)CC1. The van der Waals surface area contributed by atoms with Gasteiger partial charge in [0.25, 0.3) is 0 Å². The maximum Gasteiger partial charge on any atom is 0.407 e. The average Bonchev–Trinajstić information content (AvgIpc) is 2.55. The number of hydrogen-bond donors (Lipinski definition) is 2. The van der Waals surface area contributed by atoms with Crippen LogP contribution in [0.2, 0.25) is 0 Å². The van der Waals surface area contributed by atoms with Crippen molar-refractivity contribution in [3.63, 3.8) is 0 Å². The molecular formula is C17H32F3N5O2. The molecule has 2 N–H and O–H groups in total. The van der Waals surface area contributed by atoms with E-state index in [1.54, 1.807) is 20.8 Å². The monoisotopic (exact) mass is 395 g/mol. The van der Waals surface area contributed by atoms with Gasteiger partial charge >= 0.3 is 12.3 Å². The molecule has 0 radical (unpaired) electrons. The Morgan fingerprint density at radius 2 is 1.74 bits per heavy atom. The van der Waals surface area contributed by atoms with Crippen molar-refractivity contribution in [3.05, 3.63) is 0 Å². The minimum Gasteiger partial charge on any atom is -0.444 e. The first kappa shape index (κ1) is 23.3. The topological polar surface area (TPSA) is 69.2 Å². The molecule has 1 amide bonds. The molecule has 0 aromatic heterocycles. The fraction of sp³-hybridized carbons (Fsp3) is 0.882. The maximum absolute atomic E-state index is 12.8. The minimum atomic E-state index is -4.21. The molecule has 0 aromatic rings. The van der Waals surface area contributed by atoms with Crippen LogP contribution in [0.3, 0.4) is 0 Å². The van der Waals surface area contributed by atoms with Crippen molar-refractivity contribution in [2.75, 3.05) is 45.8 Å². The van der Waals surface area contributed by atoms with Gasteiger partial charge < -0.3 is 20.3 Å². The number of carbonyl (C=O) groups is 1. The number of rotatable bonds is 5. The molecule has 0 bridgehead atoms. The molecule has 10 heteroatoms. The van der Waals surface area contributed by atoms with Crippen LogP contribution in [0.1, 0.15) is 34.6 Å². The van der Waals surface area contributed by atoms with E-state index in [1.165, 1.54) is 11.8 Å². The number of carbonyl (C=O) groups excluding carboxylic acids is 1. The molecule has 1 saturated heterocycles. The first-order valence-corrected chi connectivity index (χ1v) is 9.25. The summed E-state index contributed by atoms with van der Waals surface area (Å²) >= 11 is 0. The zero-order valence-electron chi connectivity index (χ0n) is 16.8. The summed E-state index contributed by atoms with van der Waals surface area (Å²) in [7, 11) is 0. The lowest BCUT2D eigenvalue weighted by Gasteiger charge is -2.39. The van der Waals surface area contributed by atoms with Crippen LogP contribution in [0.25, 0.3) is 0 Å². The molecule has 1 atom stereocenters. The summed E-state index contributed by atoms with van der Waals surface area (Å²) < 4.78 is 43.7. The summed E-state index contributed by atoms with van der Waals surface area (Å²) in [6.45, 7) is 11.4. The molecule has 1 aliphatic rings. The predicted molar refractivity (Wildman–Crippen MR) is 98.9 cm³/mol. The Morgan fingerprint density at radius 1 is 1.15 bits per heavy atom. The van der Waals surface area contributed by atoms with Gasteiger partial charge in [-0.25, -0.2) is 4.79 Å². The molecule has 27 heavy (non-hydrogen) atoms. The smallest absolute Gasteiger partial charge is 0.407 e. The van der Waals surface area contributed by atoms with E-state index >= 15 is 0 Å². The number of ether oxygens (including phenoxy) is 1. The molecule has 1 heterocycles. The highest BCUT2D eigenvalue weighted by molar-refractivity contribution is 5.80. The van der Waals surface area contributed by atoms with Gasteiger partial charge in [0.1, 0.15) is 11.6 Å². The summed E-state index contributed by atoms with van der Waals surface area (Å²) in [5.41, 5.74) is -0.560. The number of alkyl halides is 3. The molecule has 0 saturated carbocycles. The van der Waals surface area contributed by atoms with Crippen molar-refractivity contribution in [3.8, 4) is 0 Å². The Labute approximate surface area is 159 Å². The van der Waals surface area contributed by atoms with Crippen LogP contribution >= 0.6 is 0 Å². The van der Waals surface area contributed by atoms with Crippen LogP contribution in [0, 0.1) is 0 Å². The Morgan fingerprint density at radius 3 is 2.22 bits per heavy atom. The van der Waals surface area contributed by atoms with E-state index in [0.29, 0.717) is 51.8 Å². The predicted octanol–water partition coefficient (Wildman–Crippen LogP) is 2.04. The molecule has 0 aliphatic carbocycles. The van der Waals surface area contributed by atoms with E-state index in [4.69, 9.17) is 4.74 Å². The number of piperazine rings is 1. The van der Waals surface area contributed by atoms with E-state index in [2.05, 4.69) is 15.6 Å². The van der Waals surface area contributed by atoms with Crippen molar-refractivity contribution >= 4 is 12.1 Å². The third kappa shape index (κ3) is 8.68. The highest BCUT2D eigenvalue weighted by atomic mass is 19.4. The fourth-order valence-electron chi connectivity index (χ4n) is 2.59. The Hall–Kier alpha value is -1.71. The van der Waals surface area contributed by atoms with E-state index in [-0.39, 0.29) is 0 Å². The fourth-order valence-corrected chi connectivity index (χ4v) is 2.59. The largest absolute Gasteiger partial charge is 0.444 e. The van der Waals surface area contributed by atoms with E-state index < -0.39 is 23.9 Å². The quantitative estimate of drug-likeness (QED) is 0.424. The second-order valence-electron chi connectivity index (χ2n) is 7.40. The number of amides is 1. The second-order valence-corrected chi connectivity index (χ2v) is 7.40. The third-order valence-corrected chi connectivity index (χ3v) is 4.01.